The van der Waals surface area contributed by atoms with Crippen molar-refractivity contribution in [1.29, 1.82) is 0 Å². The summed E-state index contributed by atoms with van der Waals surface area (Å²) in [5.74, 6) is 0.885. The molecule has 1 aliphatic heterocycles. The number of ketones is 1. The highest BCUT2D eigenvalue weighted by atomic mass is 16.8. The second kappa shape index (κ2) is 6.79. The van der Waals surface area contributed by atoms with Gasteiger partial charge in [0.1, 0.15) is 5.78 Å². The van der Waals surface area contributed by atoms with E-state index in [1.54, 1.807) is 0 Å². The van der Waals surface area contributed by atoms with Crippen LogP contribution in [-0.2, 0) is 4.79 Å². The lowest BCUT2D eigenvalue weighted by atomic mass is 9.83. The van der Waals surface area contributed by atoms with Gasteiger partial charge >= 0.3 is 0 Å². The third-order valence-electron chi connectivity index (χ3n) is 4.53. The number of likely N-dealkylation sites (tertiary alicyclic amines) is 1. The predicted octanol–water partition coefficient (Wildman–Crippen LogP) is 2.04. The molecule has 19 heavy (non-hydrogen) atoms. The van der Waals surface area contributed by atoms with E-state index in [2.05, 4.69) is 11.8 Å². The Morgan fingerprint density at radius 1 is 1.37 bits per heavy atom. The van der Waals surface area contributed by atoms with Crippen LogP contribution < -0.4 is 0 Å². The Morgan fingerprint density at radius 2 is 2.16 bits per heavy atom. The number of hydrogen-bond donors (Lipinski definition) is 1. The van der Waals surface area contributed by atoms with Crippen LogP contribution in [0.2, 0.25) is 0 Å². The van der Waals surface area contributed by atoms with Crippen LogP contribution in [0.15, 0.2) is 0 Å². The summed E-state index contributed by atoms with van der Waals surface area (Å²) in [5.41, 5.74) is 0. The Labute approximate surface area is 115 Å². The lowest BCUT2D eigenvalue weighted by Crippen LogP contribution is -2.42. The van der Waals surface area contributed by atoms with Gasteiger partial charge in [-0.2, -0.15) is 0 Å². The fraction of sp³-hybridized carbons (Fsp3) is 0.929. The van der Waals surface area contributed by atoms with Crippen LogP contribution in [0.3, 0.4) is 0 Å². The molecule has 0 aromatic carbocycles. The third kappa shape index (κ3) is 4.24. The summed E-state index contributed by atoms with van der Waals surface area (Å²) in [5, 5.41) is 20.0. The highest BCUT2D eigenvalue weighted by Gasteiger charge is 2.29. The minimum absolute atomic E-state index is 0.0421. The van der Waals surface area contributed by atoms with Crippen molar-refractivity contribution in [3.8, 4) is 0 Å². The second-order valence-electron chi connectivity index (χ2n) is 6.27. The molecule has 5 heteroatoms. The van der Waals surface area contributed by atoms with E-state index >= 15 is 0 Å². The van der Waals surface area contributed by atoms with Gasteiger partial charge in [-0.25, -0.2) is 0 Å². The van der Waals surface area contributed by atoms with Crippen LogP contribution in [0.4, 0.5) is 0 Å². The van der Waals surface area contributed by atoms with Crippen molar-refractivity contribution in [2.75, 3.05) is 19.6 Å². The molecule has 3 unspecified atom stereocenters. The van der Waals surface area contributed by atoms with Crippen LogP contribution in [0.5, 0.6) is 0 Å². The molecule has 2 fully saturated rings. The summed E-state index contributed by atoms with van der Waals surface area (Å²) in [6.45, 7) is 4.77. The molecular formula is C14H25N2O3-. The van der Waals surface area contributed by atoms with Crippen LogP contribution in [0, 0.1) is 17.0 Å². The average Bonchev–Trinajstić information content (AvgIpc) is 2.39. The molecule has 5 nitrogen and oxygen atoms in total. The fourth-order valence-electron chi connectivity index (χ4n) is 3.44. The predicted molar refractivity (Wildman–Crippen MR) is 72.6 cm³/mol. The molecule has 1 heterocycles. The Kier molecular flexibility index (Phi) is 5.33. The van der Waals surface area contributed by atoms with Gasteiger partial charge in [0.15, 0.2) is 0 Å². The topological polar surface area (TPSA) is 66.8 Å². The highest BCUT2D eigenvalue weighted by molar-refractivity contribution is 5.83. The van der Waals surface area contributed by atoms with Crippen LogP contribution in [0.1, 0.15) is 45.4 Å². The quantitative estimate of drug-likeness (QED) is 0.791. The van der Waals surface area contributed by atoms with E-state index in [0.717, 1.165) is 25.9 Å². The highest BCUT2D eigenvalue weighted by Crippen LogP contribution is 2.28. The first-order valence-corrected chi connectivity index (χ1v) is 7.46. The zero-order valence-electron chi connectivity index (χ0n) is 11.8. The summed E-state index contributed by atoms with van der Waals surface area (Å²) in [7, 11) is 0. The van der Waals surface area contributed by atoms with Crippen LogP contribution in [0.25, 0.3) is 0 Å². The minimum Gasteiger partial charge on any atom is -0.762 e. The zero-order chi connectivity index (χ0) is 13.8. The van der Waals surface area contributed by atoms with Crippen molar-refractivity contribution in [3.63, 3.8) is 0 Å². The summed E-state index contributed by atoms with van der Waals surface area (Å²) < 4.78 is 0. The number of piperidine rings is 1. The molecule has 0 amide bonds. The van der Waals surface area contributed by atoms with Crippen LogP contribution in [-0.4, -0.2) is 46.8 Å². The molecule has 0 radical (unpaired) electrons. The maximum atomic E-state index is 12.3. The number of nitrogens with zero attached hydrogens (tertiary/aromatic N) is 2. The van der Waals surface area contributed by atoms with E-state index in [9.17, 15) is 10.0 Å². The number of hydrogen-bond acceptors (Lipinski definition) is 5. The monoisotopic (exact) mass is 269 g/mol. The van der Waals surface area contributed by atoms with E-state index < -0.39 is 0 Å². The smallest absolute Gasteiger partial charge is 0.149 e. The lowest BCUT2D eigenvalue weighted by Gasteiger charge is -2.37. The van der Waals surface area contributed by atoms with Crippen molar-refractivity contribution in [2.45, 2.75) is 51.5 Å². The average molecular weight is 269 g/mol. The van der Waals surface area contributed by atoms with E-state index in [4.69, 9.17) is 5.21 Å². The third-order valence-corrected chi connectivity index (χ3v) is 4.53. The van der Waals surface area contributed by atoms with Gasteiger partial charge in [0.2, 0.25) is 0 Å². The van der Waals surface area contributed by atoms with Gasteiger partial charge in [0, 0.05) is 18.5 Å². The first kappa shape index (κ1) is 14.9. The molecule has 0 spiro atoms. The standard InChI is InChI=1S/C14H25N2O3/c1-11-4-3-7-15(9-11)10-14(17)12-5-2-6-13(8-12)16(18)19/h11-13,18H,2-10H2,1H3/q-1. The Bertz CT molecular complexity index is 309. The largest absolute Gasteiger partial charge is 0.762 e. The van der Waals surface area contributed by atoms with E-state index in [-0.39, 0.29) is 23.0 Å². The summed E-state index contributed by atoms with van der Waals surface area (Å²) >= 11 is 0. The molecule has 0 aromatic heterocycles. The van der Waals surface area contributed by atoms with Crippen molar-refractivity contribution >= 4 is 5.78 Å². The maximum absolute atomic E-state index is 12.3. The maximum Gasteiger partial charge on any atom is 0.149 e. The number of carbonyl (C=O) groups is 1. The van der Waals surface area contributed by atoms with Gasteiger partial charge in [-0.1, -0.05) is 13.3 Å². The molecule has 1 saturated heterocycles. The normalized spacial score (nSPS) is 33.6. The molecule has 1 N–H and O–H groups in total. The minimum atomic E-state index is -0.386. The first-order chi connectivity index (χ1) is 9.06. The fourth-order valence-corrected chi connectivity index (χ4v) is 3.44. The SMILES string of the molecule is CC1CCCN(CC(=O)C2CCCC(N([O-])O)C2)C1. The number of hydroxylamine groups is 2. The van der Waals surface area contributed by atoms with Gasteiger partial charge in [0.05, 0.1) is 6.54 Å². The van der Waals surface area contributed by atoms with Gasteiger partial charge < -0.3 is 10.4 Å². The molecule has 0 bridgehead atoms. The summed E-state index contributed by atoms with van der Waals surface area (Å²) in [6, 6.07) is -0.386. The first-order valence-electron chi connectivity index (χ1n) is 7.46. The van der Waals surface area contributed by atoms with Gasteiger partial charge in [-0.05, 0) is 44.6 Å². The van der Waals surface area contributed by atoms with E-state index in [1.807, 2.05) is 0 Å². The molecule has 3 atom stereocenters. The molecule has 1 aliphatic carbocycles. The number of rotatable bonds is 4. The van der Waals surface area contributed by atoms with Gasteiger partial charge in [0.25, 0.3) is 0 Å². The number of Topliss-reactive ketones (excluding diaryl/α,β-unsaturated/α-hetero) is 1. The summed E-state index contributed by atoms with van der Waals surface area (Å²) in [6.07, 6.45) is 5.37. The van der Waals surface area contributed by atoms with E-state index in [1.165, 1.54) is 12.8 Å². The molecule has 110 valence electrons. The molecule has 2 rings (SSSR count). The molecular weight excluding hydrogens is 244 g/mol. The Hall–Kier alpha value is -0.490. The van der Waals surface area contributed by atoms with E-state index in [0.29, 0.717) is 25.3 Å². The zero-order valence-corrected chi connectivity index (χ0v) is 11.8. The van der Waals surface area contributed by atoms with Gasteiger partial charge in [-0.15, -0.1) is 0 Å². The number of carbonyl (C=O) groups excluding carboxylic acids is 1. The van der Waals surface area contributed by atoms with Crippen LogP contribution >= 0.6 is 0 Å². The van der Waals surface area contributed by atoms with Crippen molar-refractivity contribution in [2.24, 2.45) is 11.8 Å². The van der Waals surface area contributed by atoms with Gasteiger partial charge in [-0.3, -0.25) is 14.9 Å². The molecule has 1 saturated carbocycles. The Morgan fingerprint density at radius 3 is 2.84 bits per heavy atom. The Balaban J connectivity index is 1.82. The molecule has 2 aliphatic rings. The van der Waals surface area contributed by atoms with Crippen molar-refractivity contribution in [3.05, 3.63) is 5.21 Å². The second-order valence-corrected chi connectivity index (χ2v) is 6.27. The van der Waals surface area contributed by atoms with Crippen molar-refractivity contribution in [1.82, 2.24) is 10.1 Å². The summed E-state index contributed by atoms with van der Waals surface area (Å²) in [4.78, 5) is 14.5. The molecule has 0 aromatic rings. The lowest BCUT2D eigenvalue weighted by molar-refractivity contribution is -0.130. The van der Waals surface area contributed by atoms with Crippen molar-refractivity contribution < 1.29 is 10.0 Å².